The summed E-state index contributed by atoms with van der Waals surface area (Å²) < 4.78 is 0. The second kappa shape index (κ2) is 4.93. The molecule has 1 aliphatic heterocycles. The SMILES string of the molecule is O=C1NCC2(CCCC2)C(=O)N1c1cc(Cl)cc(Cl)c1. The van der Waals surface area contributed by atoms with Gasteiger partial charge in [-0.1, -0.05) is 36.0 Å². The molecular weight excluding hydrogens is 299 g/mol. The van der Waals surface area contributed by atoms with Crippen LogP contribution in [0, 0.1) is 5.41 Å². The van der Waals surface area contributed by atoms with Crippen molar-refractivity contribution in [3.05, 3.63) is 28.2 Å². The van der Waals surface area contributed by atoms with Gasteiger partial charge in [-0.3, -0.25) is 4.79 Å². The summed E-state index contributed by atoms with van der Waals surface area (Å²) in [5.41, 5.74) is -0.0288. The zero-order valence-electron chi connectivity index (χ0n) is 10.8. The van der Waals surface area contributed by atoms with Crippen LogP contribution in [0.3, 0.4) is 0 Å². The normalized spacial score (nSPS) is 21.4. The van der Waals surface area contributed by atoms with Crippen molar-refractivity contribution < 1.29 is 9.59 Å². The molecule has 0 aromatic heterocycles. The zero-order chi connectivity index (χ0) is 14.3. The fourth-order valence-corrected chi connectivity index (χ4v) is 3.59. The third-order valence-corrected chi connectivity index (χ3v) is 4.54. The molecule has 6 heteroatoms. The van der Waals surface area contributed by atoms with Gasteiger partial charge < -0.3 is 5.32 Å². The molecule has 1 N–H and O–H groups in total. The Hall–Kier alpha value is -1.26. The predicted molar refractivity (Wildman–Crippen MR) is 78.2 cm³/mol. The molecule has 1 heterocycles. The number of imide groups is 1. The maximum absolute atomic E-state index is 12.8. The Morgan fingerprint density at radius 3 is 2.25 bits per heavy atom. The van der Waals surface area contributed by atoms with Crippen LogP contribution < -0.4 is 10.2 Å². The van der Waals surface area contributed by atoms with Crippen molar-refractivity contribution in [1.82, 2.24) is 5.32 Å². The van der Waals surface area contributed by atoms with Crippen LogP contribution >= 0.6 is 23.2 Å². The number of rotatable bonds is 1. The van der Waals surface area contributed by atoms with E-state index in [2.05, 4.69) is 5.32 Å². The van der Waals surface area contributed by atoms with Gasteiger partial charge in [0.2, 0.25) is 5.91 Å². The van der Waals surface area contributed by atoms with Gasteiger partial charge in [0, 0.05) is 16.6 Å². The smallest absolute Gasteiger partial charge is 0.328 e. The molecule has 3 rings (SSSR count). The average Bonchev–Trinajstić information content (AvgIpc) is 2.83. The van der Waals surface area contributed by atoms with E-state index < -0.39 is 11.4 Å². The standard InChI is InChI=1S/C14H14Cl2N2O2/c15-9-5-10(16)7-11(6-9)18-12(19)14(3-1-2-4-14)8-17-13(18)20/h5-7H,1-4,8H2,(H,17,20). The van der Waals surface area contributed by atoms with E-state index in [1.165, 1.54) is 4.90 Å². The molecule has 4 nitrogen and oxygen atoms in total. The number of benzene rings is 1. The predicted octanol–water partition coefficient (Wildman–Crippen LogP) is 3.61. The molecular formula is C14H14Cl2N2O2. The Labute approximate surface area is 127 Å². The van der Waals surface area contributed by atoms with Gasteiger partial charge in [-0.25, -0.2) is 9.69 Å². The number of amides is 3. The molecule has 106 valence electrons. The van der Waals surface area contributed by atoms with Gasteiger partial charge >= 0.3 is 6.03 Å². The molecule has 0 bridgehead atoms. The largest absolute Gasteiger partial charge is 0.336 e. The lowest BCUT2D eigenvalue weighted by atomic mass is 9.83. The summed E-state index contributed by atoms with van der Waals surface area (Å²) in [5, 5.41) is 3.62. The number of nitrogens with one attached hydrogen (secondary N) is 1. The highest BCUT2D eigenvalue weighted by molar-refractivity contribution is 6.35. The van der Waals surface area contributed by atoms with Gasteiger partial charge in [-0.15, -0.1) is 0 Å². The highest BCUT2D eigenvalue weighted by Crippen LogP contribution is 2.42. The Morgan fingerprint density at radius 1 is 1.05 bits per heavy atom. The summed E-state index contributed by atoms with van der Waals surface area (Å²) in [5.74, 6) is -0.142. The second-order valence-corrected chi connectivity index (χ2v) is 6.29. The molecule has 0 atom stereocenters. The Balaban J connectivity index is 2.01. The van der Waals surface area contributed by atoms with Crippen LogP contribution in [-0.2, 0) is 4.79 Å². The lowest BCUT2D eigenvalue weighted by Crippen LogP contribution is -2.60. The first-order chi connectivity index (χ1) is 9.52. The van der Waals surface area contributed by atoms with Crippen LogP contribution in [0.2, 0.25) is 10.0 Å². The van der Waals surface area contributed by atoms with Crippen LogP contribution in [0.15, 0.2) is 18.2 Å². The molecule has 1 saturated heterocycles. The van der Waals surface area contributed by atoms with Crippen LogP contribution in [0.1, 0.15) is 25.7 Å². The summed E-state index contributed by atoms with van der Waals surface area (Å²) in [6.45, 7) is 0.426. The molecule has 20 heavy (non-hydrogen) atoms. The van der Waals surface area contributed by atoms with Crippen molar-refractivity contribution in [3.63, 3.8) is 0 Å². The summed E-state index contributed by atoms with van der Waals surface area (Å²) >= 11 is 11.9. The minimum Gasteiger partial charge on any atom is -0.336 e. The third kappa shape index (κ3) is 2.17. The van der Waals surface area contributed by atoms with Crippen molar-refractivity contribution in [3.8, 4) is 0 Å². The van der Waals surface area contributed by atoms with Gasteiger partial charge in [-0.2, -0.15) is 0 Å². The number of anilines is 1. The topological polar surface area (TPSA) is 49.4 Å². The highest BCUT2D eigenvalue weighted by Gasteiger charge is 2.49. The Bertz CT molecular complexity index is 562. The molecule has 1 aromatic rings. The van der Waals surface area contributed by atoms with Crippen LogP contribution in [0.25, 0.3) is 0 Å². The number of urea groups is 1. The van der Waals surface area contributed by atoms with Crippen molar-refractivity contribution in [2.24, 2.45) is 5.41 Å². The van der Waals surface area contributed by atoms with Gasteiger partial charge in [0.15, 0.2) is 0 Å². The van der Waals surface area contributed by atoms with Crippen molar-refractivity contribution >= 4 is 40.8 Å². The lowest BCUT2D eigenvalue weighted by Gasteiger charge is -2.38. The average molecular weight is 313 g/mol. The van der Waals surface area contributed by atoms with E-state index in [4.69, 9.17) is 23.2 Å². The number of hydrogen-bond donors (Lipinski definition) is 1. The molecule has 0 radical (unpaired) electrons. The molecule has 0 unspecified atom stereocenters. The summed E-state index contributed by atoms with van der Waals surface area (Å²) in [7, 11) is 0. The van der Waals surface area contributed by atoms with Crippen molar-refractivity contribution in [2.75, 3.05) is 11.4 Å². The first kappa shape index (κ1) is 13.7. The Kier molecular flexibility index (Phi) is 3.38. The van der Waals surface area contributed by atoms with E-state index in [9.17, 15) is 9.59 Å². The first-order valence-electron chi connectivity index (χ1n) is 6.60. The molecule has 1 spiro atoms. The fraction of sp³-hybridized carbons (Fsp3) is 0.429. The summed E-state index contributed by atoms with van der Waals surface area (Å²) in [6.07, 6.45) is 3.67. The van der Waals surface area contributed by atoms with E-state index in [-0.39, 0.29) is 5.91 Å². The van der Waals surface area contributed by atoms with E-state index in [0.29, 0.717) is 22.3 Å². The molecule has 1 aliphatic carbocycles. The lowest BCUT2D eigenvalue weighted by molar-refractivity contribution is -0.127. The van der Waals surface area contributed by atoms with E-state index >= 15 is 0 Å². The Morgan fingerprint density at radius 2 is 1.65 bits per heavy atom. The number of carbonyl (C=O) groups excluding carboxylic acids is 2. The fourth-order valence-electron chi connectivity index (χ4n) is 3.07. The molecule has 2 aliphatic rings. The molecule has 2 fully saturated rings. The zero-order valence-corrected chi connectivity index (χ0v) is 12.3. The third-order valence-electron chi connectivity index (χ3n) is 4.10. The van der Waals surface area contributed by atoms with E-state index in [1.807, 2.05) is 0 Å². The van der Waals surface area contributed by atoms with Gasteiger partial charge in [0.1, 0.15) is 0 Å². The van der Waals surface area contributed by atoms with Gasteiger partial charge in [0.05, 0.1) is 11.1 Å². The monoisotopic (exact) mass is 312 g/mol. The van der Waals surface area contributed by atoms with E-state index in [0.717, 1.165) is 25.7 Å². The van der Waals surface area contributed by atoms with E-state index in [1.54, 1.807) is 18.2 Å². The number of carbonyl (C=O) groups is 2. The highest BCUT2D eigenvalue weighted by atomic mass is 35.5. The molecule has 1 aromatic carbocycles. The quantitative estimate of drug-likeness (QED) is 0.861. The van der Waals surface area contributed by atoms with Gasteiger partial charge in [0.25, 0.3) is 0 Å². The number of hydrogen-bond acceptors (Lipinski definition) is 2. The first-order valence-corrected chi connectivity index (χ1v) is 7.36. The van der Waals surface area contributed by atoms with Crippen LogP contribution in [0.4, 0.5) is 10.5 Å². The minimum absolute atomic E-state index is 0.142. The van der Waals surface area contributed by atoms with Crippen molar-refractivity contribution in [1.29, 1.82) is 0 Å². The van der Waals surface area contributed by atoms with Gasteiger partial charge in [-0.05, 0) is 31.0 Å². The summed E-state index contributed by atoms with van der Waals surface area (Å²) in [4.78, 5) is 26.0. The maximum atomic E-state index is 12.8. The number of nitrogens with zero attached hydrogens (tertiary/aromatic N) is 1. The maximum Gasteiger partial charge on any atom is 0.328 e. The molecule has 3 amide bonds. The molecule has 1 saturated carbocycles. The second-order valence-electron chi connectivity index (χ2n) is 5.41. The number of halogens is 2. The minimum atomic E-state index is -0.456. The summed E-state index contributed by atoms with van der Waals surface area (Å²) in [6, 6.07) is 4.33. The van der Waals surface area contributed by atoms with Crippen LogP contribution in [0.5, 0.6) is 0 Å². The van der Waals surface area contributed by atoms with Crippen molar-refractivity contribution in [2.45, 2.75) is 25.7 Å². The van der Waals surface area contributed by atoms with Crippen LogP contribution in [-0.4, -0.2) is 18.5 Å².